The molecule has 0 amide bonds. The predicted octanol–water partition coefficient (Wildman–Crippen LogP) is 4.92. The highest BCUT2D eigenvalue weighted by Gasteiger charge is 2.21. The van der Waals surface area contributed by atoms with Crippen molar-refractivity contribution in [3.8, 4) is 11.3 Å². The Morgan fingerprint density at radius 1 is 0.909 bits per heavy atom. The fourth-order valence-electron chi connectivity index (χ4n) is 4.99. The van der Waals surface area contributed by atoms with Crippen LogP contribution in [-0.2, 0) is 19.4 Å². The maximum absolute atomic E-state index is 13.2. The Kier molecular flexibility index (Phi) is 6.72. The van der Waals surface area contributed by atoms with Gasteiger partial charge >= 0.3 is 0 Å². The molecule has 5 nitrogen and oxygen atoms in total. The van der Waals surface area contributed by atoms with E-state index < -0.39 is 0 Å². The number of hydrogen-bond donors (Lipinski definition) is 0. The molecule has 7 heteroatoms. The van der Waals surface area contributed by atoms with E-state index >= 15 is 0 Å². The first kappa shape index (κ1) is 22.5. The summed E-state index contributed by atoms with van der Waals surface area (Å²) in [6.45, 7) is 5.43. The smallest absolute Gasteiger partial charge is 0.257 e. The van der Waals surface area contributed by atoms with Gasteiger partial charge in [0.05, 0.1) is 27.8 Å². The minimum absolute atomic E-state index is 0.122. The molecule has 1 aliphatic carbocycles. The van der Waals surface area contributed by atoms with Crippen molar-refractivity contribution >= 4 is 28.9 Å². The van der Waals surface area contributed by atoms with Crippen LogP contribution in [0.1, 0.15) is 24.0 Å². The molecule has 0 unspecified atom stereocenters. The van der Waals surface area contributed by atoms with Gasteiger partial charge < -0.3 is 4.90 Å². The number of hydrogen-bond acceptors (Lipinski definition) is 4. The predicted molar refractivity (Wildman–Crippen MR) is 136 cm³/mol. The minimum Gasteiger partial charge on any atom is -0.368 e. The zero-order chi connectivity index (χ0) is 22.8. The third-order valence-electron chi connectivity index (χ3n) is 6.79. The van der Waals surface area contributed by atoms with Gasteiger partial charge in [-0.05, 0) is 49.9 Å². The maximum Gasteiger partial charge on any atom is 0.257 e. The normalized spacial score (nSPS) is 16.2. The van der Waals surface area contributed by atoms with Crippen molar-refractivity contribution < 1.29 is 0 Å². The lowest BCUT2D eigenvalue weighted by Crippen LogP contribution is -2.47. The van der Waals surface area contributed by atoms with Gasteiger partial charge in [-0.25, -0.2) is 4.98 Å². The van der Waals surface area contributed by atoms with Gasteiger partial charge in [0.25, 0.3) is 5.56 Å². The molecule has 1 aliphatic heterocycles. The number of benzene rings is 2. The van der Waals surface area contributed by atoms with Crippen LogP contribution in [0.3, 0.4) is 0 Å². The molecule has 2 heterocycles. The number of rotatable bonds is 5. The molecule has 0 bridgehead atoms. The van der Waals surface area contributed by atoms with Gasteiger partial charge in [-0.15, -0.1) is 0 Å². The quantitative estimate of drug-likeness (QED) is 0.517. The van der Waals surface area contributed by atoms with Crippen molar-refractivity contribution in [2.45, 2.75) is 32.2 Å². The van der Waals surface area contributed by atoms with Crippen LogP contribution in [0.15, 0.2) is 53.6 Å². The molecule has 0 spiro atoms. The molecule has 1 fully saturated rings. The topological polar surface area (TPSA) is 41.4 Å². The van der Waals surface area contributed by atoms with Gasteiger partial charge in [-0.1, -0.05) is 53.5 Å². The van der Waals surface area contributed by atoms with Crippen LogP contribution >= 0.6 is 23.2 Å². The molecule has 172 valence electrons. The van der Waals surface area contributed by atoms with E-state index in [1.807, 2.05) is 24.3 Å². The molecule has 3 aromatic rings. The van der Waals surface area contributed by atoms with Crippen LogP contribution in [0.4, 0.5) is 5.69 Å². The second kappa shape index (κ2) is 9.88. The number of aryl methyl sites for hydroxylation is 2. The Morgan fingerprint density at radius 3 is 2.58 bits per heavy atom. The van der Waals surface area contributed by atoms with Crippen LogP contribution in [-0.4, -0.2) is 47.2 Å². The zero-order valence-electron chi connectivity index (χ0n) is 18.6. The molecule has 1 saturated heterocycles. The number of aromatic nitrogens is 2. The summed E-state index contributed by atoms with van der Waals surface area (Å²) in [7, 11) is 0. The van der Waals surface area contributed by atoms with Crippen LogP contribution < -0.4 is 10.5 Å². The van der Waals surface area contributed by atoms with Crippen molar-refractivity contribution in [1.82, 2.24) is 14.5 Å². The van der Waals surface area contributed by atoms with Gasteiger partial charge in [0.2, 0.25) is 0 Å². The van der Waals surface area contributed by atoms with Crippen molar-refractivity contribution in [3.05, 3.63) is 80.3 Å². The molecule has 0 atom stereocenters. The Balaban J connectivity index is 1.19. The molecule has 0 saturated carbocycles. The van der Waals surface area contributed by atoms with Crippen molar-refractivity contribution in [2.75, 3.05) is 37.6 Å². The lowest BCUT2D eigenvalue weighted by atomic mass is 10.0. The van der Waals surface area contributed by atoms with Gasteiger partial charge in [0.15, 0.2) is 0 Å². The molecule has 1 aromatic heterocycles. The standard InChI is InChI=1S/C26H28Cl2N4O/c27-22-10-4-11-23(24(22)28)31-16-14-30(15-17-31)12-5-13-32-18-29-25-20-8-2-1-6-19(20)7-3-9-21(25)26(32)33/h1-2,4,6,8,10-11,18H,3,5,7,9,12-17H2. The first-order chi connectivity index (χ1) is 16.1. The summed E-state index contributed by atoms with van der Waals surface area (Å²) in [5.41, 5.74) is 5.28. The molecule has 2 aliphatic rings. The van der Waals surface area contributed by atoms with Crippen LogP contribution in [0.2, 0.25) is 10.0 Å². The summed E-state index contributed by atoms with van der Waals surface area (Å²) >= 11 is 12.6. The van der Waals surface area contributed by atoms with Crippen LogP contribution in [0, 0.1) is 0 Å². The first-order valence-electron chi connectivity index (χ1n) is 11.7. The van der Waals surface area contributed by atoms with E-state index in [1.165, 1.54) is 5.56 Å². The summed E-state index contributed by atoms with van der Waals surface area (Å²) < 4.78 is 1.80. The van der Waals surface area contributed by atoms with Gasteiger partial charge in [0, 0.05) is 43.9 Å². The average molecular weight is 483 g/mol. The second-order valence-corrected chi connectivity index (χ2v) is 9.62. The third-order valence-corrected chi connectivity index (χ3v) is 7.60. The second-order valence-electron chi connectivity index (χ2n) is 8.84. The first-order valence-corrected chi connectivity index (χ1v) is 12.5. The van der Waals surface area contributed by atoms with Crippen LogP contribution in [0.25, 0.3) is 11.3 Å². The molecule has 0 radical (unpaired) electrons. The molecular weight excluding hydrogens is 455 g/mol. The summed E-state index contributed by atoms with van der Waals surface area (Å²) in [6, 6.07) is 14.1. The molecule has 5 rings (SSSR count). The van der Waals surface area contributed by atoms with Crippen molar-refractivity contribution in [2.24, 2.45) is 0 Å². The van der Waals surface area contributed by atoms with Gasteiger partial charge in [-0.3, -0.25) is 14.3 Å². The monoisotopic (exact) mass is 482 g/mol. The fourth-order valence-corrected chi connectivity index (χ4v) is 5.40. The summed E-state index contributed by atoms with van der Waals surface area (Å²) in [5.74, 6) is 0. The van der Waals surface area contributed by atoms with E-state index in [0.29, 0.717) is 16.6 Å². The van der Waals surface area contributed by atoms with Crippen LogP contribution in [0.5, 0.6) is 0 Å². The molecular formula is C26H28Cl2N4O. The maximum atomic E-state index is 13.2. The fraction of sp³-hybridized carbons (Fsp3) is 0.385. The summed E-state index contributed by atoms with van der Waals surface area (Å²) in [6.07, 6.45) is 5.45. The van der Waals surface area contributed by atoms with E-state index in [4.69, 9.17) is 28.2 Å². The Bertz CT molecular complexity index is 1200. The minimum atomic E-state index is 0.122. The van der Waals surface area contributed by atoms with Crippen molar-refractivity contribution in [1.29, 1.82) is 0 Å². The van der Waals surface area contributed by atoms with Gasteiger partial charge in [-0.2, -0.15) is 0 Å². The largest absolute Gasteiger partial charge is 0.368 e. The number of piperazine rings is 1. The highest BCUT2D eigenvalue weighted by Crippen LogP contribution is 2.33. The molecule has 33 heavy (non-hydrogen) atoms. The highest BCUT2D eigenvalue weighted by molar-refractivity contribution is 6.43. The molecule has 0 N–H and O–H groups in total. The van der Waals surface area contributed by atoms with E-state index in [9.17, 15) is 4.79 Å². The van der Waals surface area contributed by atoms with E-state index in [2.05, 4.69) is 28.0 Å². The Morgan fingerprint density at radius 2 is 1.73 bits per heavy atom. The van der Waals surface area contributed by atoms with E-state index in [1.54, 1.807) is 10.9 Å². The summed E-state index contributed by atoms with van der Waals surface area (Å²) in [5, 5.41) is 1.23. The third kappa shape index (κ3) is 4.68. The highest BCUT2D eigenvalue weighted by atomic mass is 35.5. The number of nitrogens with zero attached hydrogens (tertiary/aromatic N) is 4. The lowest BCUT2D eigenvalue weighted by molar-refractivity contribution is 0.250. The van der Waals surface area contributed by atoms with Gasteiger partial charge in [0.1, 0.15) is 0 Å². The Hall–Kier alpha value is -2.34. The van der Waals surface area contributed by atoms with E-state index in [-0.39, 0.29) is 5.56 Å². The number of fused-ring (bicyclic) bond motifs is 3. The van der Waals surface area contributed by atoms with Crippen molar-refractivity contribution in [3.63, 3.8) is 0 Å². The van der Waals surface area contributed by atoms with E-state index in [0.717, 1.165) is 80.9 Å². The summed E-state index contributed by atoms with van der Waals surface area (Å²) in [4.78, 5) is 22.7. The number of halogens is 2. The lowest BCUT2D eigenvalue weighted by Gasteiger charge is -2.36. The SMILES string of the molecule is O=c1c2c(ncn1CCCN1CCN(c3cccc(Cl)c3Cl)CC1)-c1ccccc1CCC2. The number of anilines is 1. The zero-order valence-corrected chi connectivity index (χ0v) is 20.2. The Labute approximate surface area is 204 Å². The molecule has 2 aromatic carbocycles. The average Bonchev–Trinajstić information content (AvgIpc) is 3.03.